The van der Waals surface area contributed by atoms with E-state index in [1.54, 1.807) is 0 Å². The van der Waals surface area contributed by atoms with Gasteiger partial charge in [-0.3, -0.25) is 9.59 Å². The number of amides is 1. The molecule has 0 atom stereocenters. The summed E-state index contributed by atoms with van der Waals surface area (Å²) >= 11 is 0. The monoisotopic (exact) mass is 331 g/mol. The Morgan fingerprint density at radius 1 is 1.04 bits per heavy atom. The number of ether oxygens (including phenoxy) is 1. The molecule has 0 radical (unpaired) electrons. The molecule has 0 aliphatic heterocycles. The van der Waals surface area contributed by atoms with Gasteiger partial charge in [0.1, 0.15) is 0 Å². The first kappa shape index (κ1) is 18.5. The highest BCUT2D eigenvalue weighted by atomic mass is 16.5. The van der Waals surface area contributed by atoms with E-state index in [0.717, 1.165) is 31.2 Å². The largest absolute Gasteiger partial charge is 0.469 e. The summed E-state index contributed by atoms with van der Waals surface area (Å²) in [6.45, 7) is 2.45. The second-order valence-corrected chi connectivity index (χ2v) is 6.69. The van der Waals surface area contributed by atoms with Gasteiger partial charge in [-0.1, -0.05) is 49.8 Å². The number of rotatable bonds is 5. The van der Waals surface area contributed by atoms with Crippen molar-refractivity contribution in [2.75, 3.05) is 13.7 Å². The van der Waals surface area contributed by atoms with Crippen molar-refractivity contribution in [3.63, 3.8) is 0 Å². The van der Waals surface area contributed by atoms with Crippen LogP contribution in [0.4, 0.5) is 0 Å². The highest BCUT2D eigenvalue weighted by molar-refractivity contribution is 5.94. The fourth-order valence-corrected chi connectivity index (χ4v) is 3.37. The Labute approximate surface area is 145 Å². The van der Waals surface area contributed by atoms with Crippen LogP contribution in [0.1, 0.15) is 67.3 Å². The van der Waals surface area contributed by atoms with Gasteiger partial charge in [0.05, 0.1) is 13.5 Å². The van der Waals surface area contributed by atoms with Gasteiger partial charge in [0.2, 0.25) is 0 Å². The predicted molar refractivity (Wildman–Crippen MR) is 95.0 cm³/mol. The molecule has 1 saturated carbocycles. The Balaban J connectivity index is 2.14. The van der Waals surface area contributed by atoms with E-state index in [1.165, 1.54) is 26.4 Å². The third kappa shape index (κ3) is 5.36. The molecule has 2 rings (SSSR count). The normalized spacial score (nSPS) is 16.1. The lowest BCUT2D eigenvalue weighted by Crippen LogP contribution is -2.42. The maximum atomic E-state index is 13.0. The maximum absolute atomic E-state index is 13.0. The Morgan fingerprint density at radius 3 is 2.21 bits per heavy atom. The van der Waals surface area contributed by atoms with Gasteiger partial charge in [-0.2, -0.15) is 0 Å². The van der Waals surface area contributed by atoms with E-state index in [-0.39, 0.29) is 24.3 Å². The van der Waals surface area contributed by atoms with E-state index in [2.05, 4.69) is 0 Å². The SMILES string of the molecule is COC(=O)CCN(C(=O)c1ccc(C)cc1)C1CCCCCCC1. The summed E-state index contributed by atoms with van der Waals surface area (Å²) in [4.78, 5) is 26.5. The van der Waals surface area contributed by atoms with E-state index in [0.29, 0.717) is 12.1 Å². The molecule has 0 spiro atoms. The van der Waals surface area contributed by atoms with Gasteiger partial charge < -0.3 is 9.64 Å². The van der Waals surface area contributed by atoms with Gasteiger partial charge in [-0.05, 0) is 31.9 Å². The molecule has 1 amide bonds. The van der Waals surface area contributed by atoms with Crippen LogP contribution in [0.3, 0.4) is 0 Å². The zero-order chi connectivity index (χ0) is 17.4. The summed E-state index contributed by atoms with van der Waals surface area (Å²) in [5, 5.41) is 0. The molecule has 4 heteroatoms. The number of benzene rings is 1. The standard InChI is InChI=1S/C20H29NO3/c1-16-10-12-17(13-11-16)20(23)21(15-14-19(22)24-2)18-8-6-4-3-5-7-9-18/h10-13,18H,3-9,14-15H2,1-2H3. The van der Waals surface area contributed by atoms with Crippen LogP contribution >= 0.6 is 0 Å². The number of hydrogen-bond donors (Lipinski definition) is 0. The lowest BCUT2D eigenvalue weighted by atomic mass is 9.95. The number of nitrogens with zero attached hydrogens (tertiary/aromatic N) is 1. The topological polar surface area (TPSA) is 46.6 Å². The Hall–Kier alpha value is -1.84. The summed E-state index contributed by atoms with van der Waals surface area (Å²) in [7, 11) is 1.39. The van der Waals surface area contributed by atoms with Crippen LogP contribution in [-0.4, -0.2) is 36.5 Å². The number of hydrogen-bond acceptors (Lipinski definition) is 3. The third-order valence-corrected chi connectivity index (χ3v) is 4.86. The minimum atomic E-state index is -0.262. The van der Waals surface area contributed by atoms with E-state index < -0.39 is 0 Å². The summed E-state index contributed by atoms with van der Waals surface area (Å²) in [6, 6.07) is 7.91. The van der Waals surface area contributed by atoms with Crippen LogP contribution in [0.5, 0.6) is 0 Å². The summed E-state index contributed by atoms with van der Waals surface area (Å²) in [6.07, 6.45) is 8.38. The number of carbonyl (C=O) groups excluding carboxylic acids is 2. The molecule has 0 heterocycles. The molecule has 4 nitrogen and oxygen atoms in total. The molecule has 0 N–H and O–H groups in total. The highest BCUT2D eigenvalue weighted by Crippen LogP contribution is 2.23. The fraction of sp³-hybridized carbons (Fsp3) is 0.600. The zero-order valence-corrected chi connectivity index (χ0v) is 14.9. The van der Waals surface area contributed by atoms with Crippen molar-refractivity contribution >= 4 is 11.9 Å². The molecule has 1 aromatic carbocycles. The van der Waals surface area contributed by atoms with Crippen molar-refractivity contribution in [2.24, 2.45) is 0 Å². The first-order valence-electron chi connectivity index (χ1n) is 9.06. The fourth-order valence-electron chi connectivity index (χ4n) is 3.37. The molecule has 1 aromatic rings. The average molecular weight is 331 g/mol. The maximum Gasteiger partial charge on any atom is 0.307 e. The molecule has 0 bridgehead atoms. The van der Waals surface area contributed by atoms with Crippen molar-refractivity contribution in [3.8, 4) is 0 Å². The quantitative estimate of drug-likeness (QED) is 0.763. The Bertz CT molecular complexity index is 530. The lowest BCUT2D eigenvalue weighted by molar-refractivity contribution is -0.140. The zero-order valence-electron chi connectivity index (χ0n) is 14.9. The van der Waals surface area contributed by atoms with E-state index >= 15 is 0 Å². The molecular weight excluding hydrogens is 302 g/mol. The van der Waals surface area contributed by atoms with Gasteiger partial charge in [0, 0.05) is 18.2 Å². The van der Waals surface area contributed by atoms with Crippen molar-refractivity contribution in [2.45, 2.75) is 64.3 Å². The number of carbonyl (C=O) groups is 2. The molecule has 1 aliphatic rings. The van der Waals surface area contributed by atoms with Gasteiger partial charge in [-0.15, -0.1) is 0 Å². The molecule has 132 valence electrons. The van der Waals surface area contributed by atoms with E-state index in [1.807, 2.05) is 36.1 Å². The number of aryl methyl sites for hydroxylation is 1. The lowest BCUT2D eigenvalue weighted by Gasteiger charge is -2.33. The van der Waals surface area contributed by atoms with Gasteiger partial charge in [0.15, 0.2) is 0 Å². The van der Waals surface area contributed by atoms with Gasteiger partial charge in [0.25, 0.3) is 5.91 Å². The first-order chi connectivity index (χ1) is 11.6. The molecule has 24 heavy (non-hydrogen) atoms. The van der Waals surface area contributed by atoms with Gasteiger partial charge in [-0.25, -0.2) is 0 Å². The Kier molecular flexibility index (Phi) is 7.29. The van der Waals surface area contributed by atoms with Gasteiger partial charge >= 0.3 is 5.97 Å². The van der Waals surface area contributed by atoms with E-state index in [4.69, 9.17) is 4.74 Å². The highest BCUT2D eigenvalue weighted by Gasteiger charge is 2.25. The van der Waals surface area contributed by atoms with Crippen LogP contribution < -0.4 is 0 Å². The van der Waals surface area contributed by atoms with Crippen molar-refractivity contribution in [1.29, 1.82) is 0 Å². The molecule has 0 aromatic heterocycles. The molecular formula is C20H29NO3. The van der Waals surface area contributed by atoms with Crippen LogP contribution in [-0.2, 0) is 9.53 Å². The van der Waals surface area contributed by atoms with Crippen LogP contribution in [0.25, 0.3) is 0 Å². The average Bonchev–Trinajstić information content (AvgIpc) is 2.56. The summed E-state index contributed by atoms with van der Waals surface area (Å²) < 4.78 is 4.76. The van der Waals surface area contributed by atoms with Crippen molar-refractivity contribution < 1.29 is 14.3 Å². The van der Waals surface area contributed by atoms with Crippen molar-refractivity contribution in [1.82, 2.24) is 4.90 Å². The Morgan fingerprint density at radius 2 is 1.62 bits per heavy atom. The third-order valence-electron chi connectivity index (χ3n) is 4.86. The van der Waals surface area contributed by atoms with Crippen molar-refractivity contribution in [3.05, 3.63) is 35.4 Å². The van der Waals surface area contributed by atoms with Crippen LogP contribution in [0.15, 0.2) is 24.3 Å². The minimum absolute atomic E-state index is 0.0319. The molecule has 1 aliphatic carbocycles. The minimum Gasteiger partial charge on any atom is -0.469 e. The van der Waals surface area contributed by atoms with Crippen LogP contribution in [0.2, 0.25) is 0 Å². The van der Waals surface area contributed by atoms with Crippen LogP contribution in [0, 0.1) is 6.92 Å². The second kappa shape index (κ2) is 9.45. The molecule has 0 saturated heterocycles. The number of esters is 1. The smallest absolute Gasteiger partial charge is 0.307 e. The molecule has 0 unspecified atom stereocenters. The summed E-state index contributed by atoms with van der Waals surface area (Å²) in [5.74, 6) is -0.230. The first-order valence-corrected chi connectivity index (χ1v) is 9.06. The molecule has 1 fully saturated rings. The second-order valence-electron chi connectivity index (χ2n) is 6.69. The summed E-state index contributed by atoms with van der Waals surface area (Å²) in [5.41, 5.74) is 1.84. The van der Waals surface area contributed by atoms with E-state index in [9.17, 15) is 9.59 Å². The number of methoxy groups -OCH3 is 1. The predicted octanol–water partition coefficient (Wildman–Crippen LogP) is 4.11.